The maximum atomic E-state index is 10.8. The average Bonchev–Trinajstić information content (AvgIpc) is 2.88. The molecule has 6 heteroatoms. The molecule has 0 N–H and O–H groups in total. The van der Waals surface area contributed by atoms with Gasteiger partial charge in [-0.2, -0.15) is 0 Å². The standard InChI is InChI=1S/C14H16N2O4/c17-16(18)12-3-2-11-4-6-15(13(11)10-12)7-5-14-19-8-1-9-20-14/h2-4,6,10,14H,1,5,7-9H2. The minimum Gasteiger partial charge on any atom is -0.353 e. The molecule has 3 rings (SSSR count). The summed E-state index contributed by atoms with van der Waals surface area (Å²) in [4.78, 5) is 10.5. The summed E-state index contributed by atoms with van der Waals surface area (Å²) in [7, 11) is 0. The van der Waals surface area contributed by atoms with E-state index in [0.717, 1.165) is 43.5 Å². The fourth-order valence-corrected chi connectivity index (χ4v) is 2.43. The molecule has 0 amide bonds. The van der Waals surface area contributed by atoms with Gasteiger partial charge in [-0.25, -0.2) is 0 Å². The van der Waals surface area contributed by atoms with Crippen molar-refractivity contribution in [3.05, 3.63) is 40.6 Å². The predicted molar refractivity (Wildman–Crippen MR) is 73.5 cm³/mol. The zero-order valence-electron chi connectivity index (χ0n) is 11.0. The predicted octanol–water partition coefficient (Wildman–Crippen LogP) is 2.70. The molecule has 2 aromatic rings. The lowest BCUT2D eigenvalue weighted by Crippen LogP contribution is -2.25. The van der Waals surface area contributed by atoms with Crippen LogP contribution in [0.5, 0.6) is 0 Å². The molecule has 1 aromatic carbocycles. The van der Waals surface area contributed by atoms with E-state index in [-0.39, 0.29) is 16.9 Å². The van der Waals surface area contributed by atoms with Crippen LogP contribution in [-0.2, 0) is 16.0 Å². The summed E-state index contributed by atoms with van der Waals surface area (Å²) in [6.07, 6.45) is 3.46. The van der Waals surface area contributed by atoms with E-state index in [1.165, 1.54) is 6.07 Å². The molecule has 0 saturated carbocycles. The van der Waals surface area contributed by atoms with Crippen molar-refractivity contribution in [3.8, 4) is 0 Å². The van der Waals surface area contributed by atoms with Gasteiger partial charge in [-0.1, -0.05) is 0 Å². The number of fused-ring (bicyclic) bond motifs is 1. The molecule has 0 bridgehead atoms. The van der Waals surface area contributed by atoms with Crippen molar-refractivity contribution < 1.29 is 14.4 Å². The fraction of sp³-hybridized carbons (Fsp3) is 0.429. The number of nitro benzene ring substituents is 1. The third kappa shape index (κ3) is 2.66. The van der Waals surface area contributed by atoms with Crippen LogP contribution >= 0.6 is 0 Å². The highest BCUT2D eigenvalue weighted by molar-refractivity contribution is 5.82. The molecule has 0 aliphatic carbocycles. The Kier molecular flexibility index (Phi) is 3.66. The summed E-state index contributed by atoms with van der Waals surface area (Å²) >= 11 is 0. The second-order valence-electron chi connectivity index (χ2n) is 4.82. The molecule has 106 valence electrons. The van der Waals surface area contributed by atoms with Crippen LogP contribution in [-0.4, -0.2) is 29.0 Å². The molecule has 0 atom stereocenters. The van der Waals surface area contributed by atoms with Gasteiger partial charge in [-0.3, -0.25) is 10.1 Å². The van der Waals surface area contributed by atoms with Crippen molar-refractivity contribution in [2.75, 3.05) is 13.2 Å². The van der Waals surface area contributed by atoms with Gasteiger partial charge in [0.1, 0.15) is 0 Å². The first kappa shape index (κ1) is 13.1. The number of aromatic nitrogens is 1. The van der Waals surface area contributed by atoms with Crippen LogP contribution < -0.4 is 0 Å². The van der Waals surface area contributed by atoms with Gasteiger partial charge in [-0.05, 0) is 18.6 Å². The highest BCUT2D eigenvalue weighted by Crippen LogP contribution is 2.22. The van der Waals surface area contributed by atoms with Crippen LogP contribution in [0.3, 0.4) is 0 Å². The Labute approximate surface area is 116 Å². The Hall–Kier alpha value is -1.92. The zero-order chi connectivity index (χ0) is 13.9. The maximum Gasteiger partial charge on any atom is 0.271 e. The SMILES string of the molecule is O=[N+]([O-])c1ccc2ccn(CCC3OCCCO3)c2c1. The molecule has 1 aliphatic heterocycles. The topological polar surface area (TPSA) is 66.5 Å². The number of non-ortho nitro benzene ring substituents is 1. The molecule has 0 radical (unpaired) electrons. The van der Waals surface area contributed by atoms with E-state index in [1.807, 2.05) is 16.8 Å². The van der Waals surface area contributed by atoms with Gasteiger partial charge in [0.15, 0.2) is 6.29 Å². The van der Waals surface area contributed by atoms with Crippen LogP contribution in [0.4, 0.5) is 5.69 Å². The molecular weight excluding hydrogens is 260 g/mol. The first-order valence-corrected chi connectivity index (χ1v) is 6.70. The number of hydrogen-bond acceptors (Lipinski definition) is 4. The highest BCUT2D eigenvalue weighted by Gasteiger charge is 2.15. The van der Waals surface area contributed by atoms with E-state index in [1.54, 1.807) is 12.1 Å². The minimum atomic E-state index is -0.371. The summed E-state index contributed by atoms with van der Waals surface area (Å²) in [6.45, 7) is 2.19. The van der Waals surface area contributed by atoms with Crippen LogP contribution in [0.2, 0.25) is 0 Å². The minimum absolute atomic E-state index is 0.114. The summed E-state index contributed by atoms with van der Waals surface area (Å²) in [5.41, 5.74) is 0.984. The first-order chi connectivity index (χ1) is 9.74. The van der Waals surface area contributed by atoms with E-state index in [9.17, 15) is 10.1 Å². The molecule has 1 aliphatic rings. The lowest BCUT2D eigenvalue weighted by atomic mass is 10.2. The van der Waals surface area contributed by atoms with Gasteiger partial charge >= 0.3 is 0 Å². The zero-order valence-corrected chi connectivity index (χ0v) is 11.0. The van der Waals surface area contributed by atoms with E-state index in [0.29, 0.717) is 0 Å². The Morgan fingerprint density at radius 2 is 2.10 bits per heavy atom. The summed E-state index contributed by atoms with van der Waals surface area (Å²) in [6, 6.07) is 6.87. The largest absolute Gasteiger partial charge is 0.353 e. The van der Waals surface area contributed by atoms with Gasteiger partial charge < -0.3 is 14.0 Å². The Morgan fingerprint density at radius 1 is 1.30 bits per heavy atom. The number of nitrogens with zero attached hydrogens (tertiary/aromatic N) is 2. The molecule has 6 nitrogen and oxygen atoms in total. The average molecular weight is 276 g/mol. The number of rotatable bonds is 4. The van der Waals surface area contributed by atoms with Gasteiger partial charge in [0, 0.05) is 36.7 Å². The quantitative estimate of drug-likeness (QED) is 0.636. The molecular formula is C14H16N2O4. The number of ether oxygens (including phenoxy) is 2. The molecule has 2 heterocycles. The molecule has 1 fully saturated rings. The molecule has 1 saturated heterocycles. The maximum absolute atomic E-state index is 10.8. The van der Waals surface area contributed by atoms with Crippen LogP contribution in [0.25, 0.3) is 10.9 Å². The van der Waals surface area contributed by atoms with E-state index >= 15 is 0 Å². The normalized spacial score (nSPS) is 16.6. The Bertz CT molecular complexity index is 617. The third-order valence-electron chi connectivity index (χ3n) is 3.47. The van der Waals surface area contributed by atoms with Crippen LogP contribution in [0.15, 0.2) is 30.5 Å². The van der Waals surface area contributed by atoms with Crippen molar-refractivity contribution in [1.29, 1.82) is 0 Å². The van der Waals surface area contributed by atoms with Crippen molar-refractivity contribution >= 4 is 16.6 Å². The fourth-order valence-electron chi connectivity index (χ4n) is 2.43. The van der Waals surface area contributed by atoms with Crippen LogP contribution in [0, 0.1) is 10.1 Å². The first-order valence-electron chi connectivity index (χ1n) is 6.70. The van der Waals surface area contributed by atoms with Crippen molar-refractivity contribution in [1.82, 2.24) is 4.57 Å². The summed E-state index contributed by atoms with van der Waals surface area (Å²) < 4.78 is 13.0. The summed E-state index contributed by atoms with van der Waals surface area (Å²) in [5, 5.41) is 11.8. The number of benzene rings is 1. The lowest BCUT2D eigenvalue weighted by Gasteiger charge is -2.23. The van der Waals surface area contributed by atoms with Gasteiger partial charge in [0.25, 0.3) is 5.69 Å². The molecule has 0 unspecified atom stereocenters. The Balaban J connectivity index is 1.76. The second-order valence-corrected chi connectivity index (χ2v) is 4.82. The van der Waals surface area contributed by atoms with Gasteiger partial charge in [0.05, 0.1) is 23.7 Å². The Morgan fingerprint density at radius 3 is 2.85 bits per heavy atom. The third-order valence-corrected chi connectivity index (χ3v) is 3.47. The second kappa shape index (κ2) is 5.60. The highest BCUT2D eigenvalue weighted by atomic mass is 16.7. The van der Waals surface area contributed by atoms with Crippen LogP contribution in [0.1, 0.15) is 12.8 Å². The molecule has 20 heavy (non-hydrogen) atoms. The van der Waals surface area contributed by atoms with E-state index < -0.39 is 0 Å². The lowest BCUT2D eigenvalue weighted by molar-refractivity contribution is -0.384. The molecule has 0 spiro atoms. The smallest absolute Gasteiger partial charge is 0.271 e. The van der Waals surface area contributed by atoms with Gasteiger partial charge in [-0.15, -0.1) is 0 Å². The van der Waals surface area contributed by atoms with Crippen molar-refractivity contribution in [2.45, 2.75) is 25.7 Å². The van der Waals surface area contributed by atoms with Crippen molar-refractivity contribution in [2.24, 2.45) is 0 Å². The molecule has 1 aromatic heterocycles. The number of nitro groups is 1. The summed E-state index contributed by atoms with van der Waals surface area (Å²) in [5.74, 6) is 0. The number of aryl methyl sites for hydroxylation is 1. The van der Waals surface area contributed by atoms with E-state index in [4.69, 9.17) is 9.47 Å². The van der Waals surface area contributed by atoms with E-state index in [2.05, 4.69) is 0 Å². The van der Waals surface area contributed by atoms with Crippen molar-refractivity contribution in [3.63, 3.8) is 0 Å². The van der Waals surface area contributed by atoms with Gasteiger partial charge in [0.2, 0.25) is 0 Å². The monoisotopic (exact) mass is 276 g/mol. The number of hydrogen-bond donors (Lipinski definition) is 0.